The molecule has 1 rings (SSSR count). The van der Waals surface area contributed by atoms with E-state index in [1.54, 1.807) is 0 Å². The molecule has 0 saturated heterocycles. The maximum Gasteiger partial charge on any atom is 0.0914 e. The van der Waals surface area contributed by atoms with E-state index in [0.717, 1.165) is 16.6 Å². The summed E-state index contributed by atoms with van der Waals surface area (Å²) >= 11 is 3.37. The largest absolute Gasteiger partial charge is 0.387 e. The Morgan fingerprint density at radius 3 is 3.00 bits per heavy atom. The molecule has 0 aliphatic rings. The third kappa shape index (κ3) is 4.48. The topological polar surface area (TPSA) is 32.3 Å². The van der Waals surface area contributed by atoms with Gasteiger partial charge in [0.15, 0.2) is 0 Å². The van der Waals surface area contributed by atoms with Gasteiger partial charge in [0.05, 0.1) is 6.10 Å². The molecule has 0 aliphatic heterocycles. The van der Waals surface area contributed by atoms with E-state index in [2.05, 4.69) is 27.2 Å². The van der Waals surface area contributed by atoms with Crippen molar-refractivity contribution in [3.05, 3.63) is 34.3 Å². The fourth-order valence-corrected chi connectivity index (χ4v) is 1.65. The minimum atomic E-state index is -0.486. The zero-order valence-corrected chi connectivity index (χ0v) is 10.00. The summed E-state index contributed by atoms with van der Waals surface area (Å²) in [5.41, 5.74) is 0.901. The number of halogens is 1. The molecule has 80 valence electrons. The zero-order chi connectivity index (χ0) is 11.1. The van der Waals surface area contributed by atoms with Crippen LogP contribution in [0.1, 0.15) is 18.1 Å². The predicted octanol–water partition coefficient (Wildman–Crippen LogP) is 2.10. The maximum absolute atomic E-state index is 9.81. The van der Waals surface area contributed by atoms with Gasteiger partial charge in [-0.15, -0.1) is 12.3 Å². The second-order valence-electron chi connectivity index (χ2n) is 3.23. The van der Waals surface area contributed by atoms with E-state index in [4.69, 9.17) is 6.42 Å². The Bertz CT molecular complexity index is 346. The molecule has 0 saturated carbocycles. The van der Waals surface area contributed by atoms with Crippen molar-refractivity contribution in [2.75, 3.05) is 13.1 Å². The number of aliphatic hydroxyl groups excluding tert-OH is 1. The molecule has 0 aromatic heterocycles. The molecule has 1 unspecified atom stereocenters. The summed E-state index contributed by atoms with van der Waals surface area (Å²) in [4.78, 5) is 0. The number of rotatable bonds is 5. The van der Waals surface area contributed by atoms with Crippen molar-refractivity contribution >= 4 is 15.9 Å². The molecule has 0 radical (unpaired) electrons. The number of nitrogens with one attached hydrogen (secondary N) is 1. The first-order chi connectivity index (χ1) is 7.24. The van der Waals surface area contributed by atoms with Gasteiger partial charge >= 0.3 is 0 Å². The molecule has 0 spiro atoms. The Morgan fingerprint density at radius 2 is 2.33 bits per heavy atom. The van der Waals surface area contributed by atoms with E-state index in [9.17, 15) is 5.11 Å². The standard InChI is InChI=1S/C12H14BrNO/c1-2-3-7-14-9-12(15)10-5-4-6-11(13)8-10/h1,4-6,8,12,14-15H,3,7,9H2. The maximum atomic E-state index is 9.81. The lowest BCUT2D eigenvalue weighted by Crippen LogP contribution is -2.22. The summed E-state index contributed by atoms with van der Waals surface area (Å²) in [6, 6.07) is 7.65. The highest BCUT2D eigenvalue weighted by molar-refractivity contribution is 9.10. The van der Waals surface area contributed by atoms with Crippen LogP contribution in [0.4, 0.5) is 0 Å². The average molecular weight is 268 g/mol. The van der Waals surface area contributed by atoms with Crippen LogP contribution in [0.15, 0.2) is 28.7 Å². The van der Waals surface area contributed by atoms with Gasteiger partial charge in [0.25, 0.3) is 0 Å². The Hall–Kier alpha value is -0.820. The Morgan fingerprint density at radius 1 is 1.53 bits per heavy atom. The van der Waals surface area contributed by atoms with E-state index >= 15 is 0 Å². The van der Waals surface area contributed by atoms with Crippen LogP contribution < -0.4 is 5.32 Å². The van der Waals surface area contributed by atoms with Crippen molar-refractivity contribution in [1.82, 2.24) is 5.32 Å². The number of terminal acetylenes is 1. The molecule has 0 aliphatic carbocycles. The van der Waals surface area contributed by atoms with Crippen LogP contribution in [0.5, 0.6) is 0 Å². The smallest absolute Gasteiger partial charge is 0.0914 e. The highest BCUT2D eigenvalue weighted by atomic mass is 79.9. The quantitative estimate of drug-likeness (QED) is 0.633. The molecule has 1 atom stereocenters. The predicted molar refractivity (Wildman–Crippen MR) is 65.4 cm³/mol. The minimum Gasteiger partial charge on any atom is -0.387 e. The Balaban J connectivity index is 2.40. The number of aliphatic hydroxyl groups is 1. The van der Waals surface area contributed by atoms with Crippen LogP contribution in [0, 0.1) is 12.3 Å². The van der Waals surface area contributed by atoms with Crippen molar-refractivity contribution in [2.24, 2.45) is 0 Å². The van der Waals surface area contributed by atoms with E-state index in [1.807, 2.05) is 24.3 Å². The zero-order valence-electron chi connectivity index (χ0n) is 8.41. The minimum absolute atomic E-state index is 0.486. The molecule has 15 heavy (non-hydrogen) atoms. The monoisotopic (exact) mass is 267 g/mol. The lowest BCUT2D eigenvalue weighted by molar-refractivity contribution is 0.175. The molecular formula is C12H14BrNO. The van der Waals surface area contributed by atoms with Gasteiger partial charge in [-0.25, -0.2) is 0 Å². The number of hydrogen-bond donors (Lipinski definition) is 2. The van der Waals surface area contributed by atoms with Crippen molar-refractivity contribution in [2.45, 2.75) is 12.5 Å². The van der Waals surface area contributed by atoms with Crippen molar-refractivity contribution < 1.29 is 5.11 Å². The van der Waals surface area contributed by atoms with Gasteiger partial charge < -0.3 is 10.4 Å². The molecule has 2 nitrogen and oxygen atoms in total. The molecule has 0 amide bonds. The van der Waals surface area contributed by atoms with Gasteiger partial charge in [-0.05, 0) is 17.7 Å². The molecule has 1 aromatic carbocycles. The lowest BCUT2D eigenvalue weighted by Gasteiger charge is -2.11. The molecular weight excluding hydrogens is 254 g/mol. The van der Waals surface area contributed by atoms with E-state index in [0.29, 0.717) is 13.0 Å². The summed E-state index contributed by atoms with van der Waals surface area (Å²) in [7, 11) is 0. The fourth-order valence-electron chi connectivity index (χ4n) is 1.23. The Labute approximate surface area is 98.8 Å². The van der Waals surface area contributed by atoms with Crippen LogP contribution in [0.2, 0.25) is 0 Å². The number of hydrogen-bond acceptors (Lipinski definition) is 2. The molecule has 0 fully saturated rings. The van der Waals surface area contributed by atoms with Crippen LogP contribution in [-0.4, -0.2) is 18.2 Å². The normalized spacial score (nSPS) is 12.1. The first-order valence-electron chi connectivity index (χ1n) is 4.81. The highest BCUT2D eigenvalue weighted by Gasteiger charge is 2.06. The summed E-state index contributed by atoms with van der Waals surface area (Å²) in [6.45, 7) is 1.26. The van der Waals surface area contributed by atoms with Crippen LogP contribution in [-0.2, 0) is 0 Å². The van der Waals surface area contributed by atoms with E-state index in [-0.39, 0.29) is 0 Å². The van der Waals surface area contributed by atoms with Gasteiger partial charge in [-0.1, -0.05) is 28.1 Å². The number of benzene rings is 1. The first kappa shape index (κ1) is 12.3. The summed E-state index contributed by atoms with van der Waals surface area (Å²) < 4.78 is 0.975. The summed E-state index contributed by atoms with van der Waals surface area (Å²) in [6.07, 6.45) is 5.32. The van der Waals surface area contributed by atoms with Gasteiger partial charge in [-0.2, -0.15) is 0 Å². The molecule has 1 aromatic rings. The molecule has 0 bridgehead atoms. The average Bonchev–Trinajstić information content (AvgIpc) is 2.24. The third-order valence-corrected chi connectivity index (χ3v) is 2.51. The molecule has 3 heteroatoms. The summed E-state index contributed by atoms with van der Waals surface area (Å²) in [5, 5.41) is 12.9. The highest BCUT2D eigenvalue weighted by Crippen LogP contribution is 2.17. The fraction of sp³-hybridized carbons (Fsp3) is 0.333. The lowest BCUT2D eigenvalue weighted by atomic mass is 10.1. The van der Waals surface area contributed by atoms with Gasteiger partial charge in [0.2, 0.25) is 0 Å². The second-order valence-corrected chi connectivity index (χ2v) is 4.14. The van der Waals surface area contributed by atoms with Crippen molar-refractivity contribution in [3.63, 3.8) is 0 Å². The van der Waals surface area contributed by atoms with Gasteiger partial charge in [-0.3, -0.25) is 0 Å². The SMILES string of the molecule is C#CCCNCC(O)c1cccc(Br)c1. The van der Waals surface area contributed by atoms with Crippen LogP contribution in [0.3, 0.4) is 0 Å². The molecule has 0 heterocycles. The van der Waals surface area contributed by atoms with E-state index in [1.165, 1.54) is 0 Å². The van der Waals surface area contributed by atoms with Crippen molar-refractivity contribution in [3.8, 4) is 12.3 Å². The molecule has 2 N–H and O–H groups in total. The Kier molecular flexibility index (Phi) is 5.41. The van der Waals surface area contributed by atoms with Crippen LogP contribution in [0.25, 0.3) is 0 Å². The third-order valence-electron chi connectivity index (χ3n) is 2.02. The van der Waals surface area contributed by atoms with Crippen LogP contribution >= 0.6 is 15.9 Å². The second kappa shape index (κ2) is 6.62. The van der Waals surface area contributed by atoms with E-state index < -0.39 is 6.10 Å². The van der Waals surface area contributed by atoms with Gasteiger partial charge in [0.1, 0.15) is 0 Å². The van der Waals surface area contributed by atoms with Crippen molar-refractivity contribution in [1.29, 1.82) is 0 Å². The summed E-state index contributed by atoms with van der Waals surface area (Å²) in [5.74, 6) is 2.54. The first-order valence-corrected chi connectivity index (χ1v) is 5.61. The van der Waals surface area contributed by atoms with Gasteiger partial charge in [0, 0.05) is 24.0 Å².